The Morgan fingerprint density at radius 3 is 2.91 bits per heavy atom. The van der Waals surface area contributed by atoms with Crippen molar-refractivity contribution in [3.63, 3.8) is 0 Å². The van der Waals surface area contributed by atoms with Gasteiger partial charge in [0.25, 0.3) is 5.56 Å². The summed E-state index contributed by atoms with van der Waals surface area (Å²) in [5.41, 5.74) is -0.637. The number of nitrogens with zero attached hydrogens (tertiary/aromatic N) is 4. The van der Waals surface area contributed by atoms with E-state index in [0.29, 0.717) is 30.4 Å². The van der Waals surface area contributed by atoms with Crippen LogP contribution in [0.15, 0.2) is 20.3 Å². The summed E-state index contributed by atoms with van der Waals surface area (Å²) in [6.07, 6.45) is 2.14. The lowest BCUT2D eigenvalue weighted by atomic mass is 10.1. The normalized spacial score (nSPS) is 17.7. The molecule has 1 fully saturated rings. The minimum atomic E-state index is -0.586. The molecule has 3 heterocycles. The Bertz CT molecular complexity index is 849. The lowest BCUT2D eigenvalue weighted by Crippen LogP contribution is -2.38. The Morgan fingerprint density at radius 2 is 2.22 bits per heavy atom. The average Bonchev–Trinajstić information content (AvgIpc) is 3.13. The van der Waals surface area contributed by atoms with E-state index >= 15 is 0 Å². The van der Waals surface area contributed by atoms with Crippen LogP contribution in [0.5, 0.6) is 0 Å². The number of carbonyl (C=O) groups is 1. The maximum absolute atomic E-state index is 12.4. The highest BCUT2D eigenvalue weighted by atomic mass is 16.5. The minimum absolute atomic E-state index is 0.0224. The number of hydrogen-bond donors (Lipinski definition) is 1. The van der Waals surface area contributed by atoms with Crippen LogP contribution in [0, 0.1) is 13.8 Å². The van der Waals surface area contributed by atoms with Crippen LogP contribution in [-0.4, -0.2) is 43.6 Å². The zero-order valence-corrected chi connectivity index (χ0v) is 12.9. The second-order valence-electron chi connectivity index (χ2n) is 5.70. The van der Waals surface area contributed by atoms with E-state index in [9.17, 15) is 14.4 Å². The van der Waals surface area contributed by atoms with Crippen molar-refractivity contribution in [2.75, 3.05) is 13.1 Å². The quantitative estimate of drug-likeness (QED) is 0.820. The second kappa shape index (κ2) is 5.82. The topological polar surface area (TPSA) is 114 Å². The van der Waals surface area contributed by atoms with Crippen molar-refractivity contribution in [1.29, 1.82) is 0 Å². The molecule has 1 aliphatic heterocycles. The van der Waals surface area contributed by atoms with Gasteiger partial charge in [0.05, 0.1) is 5.92 Å². The molecule has 0 bridgehead atoms. The summed E-state index contributed by atoms with van der Waals surface area (Å²) in [4.78, 5) is 43.5. The molecule has 0 spiro atoms. The Morgan fingerprint density at radius 1 is 1.43 bits per heavy atom. The highest BCUT2D eigenvalue weighted by molar-refractivity contribution is 5.76. The molecule has 9 nitrogen and oxygen atoms in total. The van der Waals surface area contributed by atoms with Gasteiger partial charge in [0.2, 0.25) is 11.8 Å². The number of amides is 1. The van der Waals surface area contributed by atoms with Gasteiger partial charge in [-0.3, -0.25) is 19.1 Å². The summed E-state index contributed by atoms with van der Waals surface area (Å²) in [7, 11) is 0. The fraction of sp³-hybridized carbons (Fsp3) is 0.500. The summed E-state index contributed by atoms with van der Waals surface area (Å²) >= 11 is 0. The molecule has 3 rings (SSSR count). The summed E-state index contributed by atoms with van der Waals surface area (Å²) in [6.45, 7) is 4.28. The Balaban J connectivity index is 1.69. The number of aryl methyl sites for hydroxylation is 2. The molecule has 1 amide bonds. The monoisotopic (exact) mass is 319 g/mol. The highest BCUT2D eigenvalue weighted by Crippen LogP contribution is 2.25. The van der Waals surface area contributed by atoms with Crippen molar-refractivity contribution in [3.05, 3.63) is 44.3 Å². The zero-order chi connectivity index (χ0) is 16.6. The van der Waals surface area contributed by atoms with Gasteiger partial charge in [-0.05, 0) is 20.3 Å². The maximum atomic E-state index is 12.4. The molecule has 2 aromatic heterocycles. The van der Waals surface area contributed by atoms with E-state index in [1.807, 2.05) is 0 Å². The van der Waals surface area contributed by atoms with Crippen molar-refractivity contribution < 1.29 is 9.32 Å². The average molecular weight is 319 g/mol. The van der Waals surface area contributed by atoms with E-state index in [2.05, 4.69) is 15.1 Å². The van der Waals surface area contributed by atoms with Crippen LogP contribution < -0.4 is 11.2 Å². The molecule has 0 aromatic carbocycles. The Labute approximate surface area is 130 Å². The standard InChI is InChI=1S/C14H17N5O4/c1-8-5-19(14(22)16-12(8)21)7-11(20)18-4-3-10(6-18)13-15-9(2)17-23-13/h5,10H,3-4,6-7H2,1-2H3,(H,16,21,22)/t10-/m0/s1. The van der Waals surface area contributed by atoms with Crippen molar-refractivity contribution in [2.45, 2.75) is 32.7 Å². The summed E-state index contributed by atoms with van der Waals surface area (Å²) in [6, 6.07) is 0. The third kappa shape index (κ3) is 3.08. The van der Waals surface area contributed by atoms with Gasteiger partial charge in [-0.15, -0.1) is 0 Å². The number of H-pyrrole nitrogens is 1. The van der Waals surface area contributed by atoms with Gasteiger partial charge in [0, 0.05) is 24.8 Å². The van der Waals surface area contributed by atoms with Gasteiger partial charge in [-0.25, -0.2) is 4.79 Å². The molecule has 122 valence electrons. The number of rotatable bonds is 3. The second-order valence-corrected chi connectivity index (χ2v) is 5.70. The third-order valence-electron chi connectivity index (χ3n) is 3.93. The molecule has 0 saturated carbocycles. The predicted octanol–water partition coefficient (Wildman–Crippen LogP) is -0.447. The fourth-order valence-corrected chi connectivity index (χ4v) is 2.65. The number of hydrogen-bond acceptors (Lipinski definition) is 6. The summed E-state index contributed by atoms with van der Waals surface area (Å²) in [5, 5.41) is 3.76. The molecule has 9 heteroatoms. The third-order valence-corrected chi connectivity index (χ3v) is 3.93. The largest absolute Gasteiger partial charge is 0.340 e. The van der Waals surface area contributed by atoms with Crippen molar-refractivity contribution in [2.24, 2.45) is 0 Å². The molecule has 0 unspecified atom stereocenters. The van der Waals surface area contributed by atoms with Crippen LogP contribution in [0.2, 0.25) is 0 Å². The Hall–Kier alpha value is -2.71. The van der Waals surface area contributed by atoms with Gasteiger partial charge in [-0.1, -0.05) is 5.16 Å². The SMILES string of the molecule is Cc1noc([C@H]2CCN(C(=O)Cn3cc(C)c(=O)[nH]c3=O)C2)n1. The molecule has 23 heavy (non-hydrogen) atoms. The van der Waals surface area contributed by atoms with Gasteiger partial charge in [0.15, 0.2) is 5.82 Å². The first-order valence-electron chi connectivity index (χ1n) is 7.32. The summed E-state index contributed by atoms with van der Waals surface area (Å²) in [5.74, 6) is 0.946. The molecule has 2 aromatic rings. The predicted molar refractivity (Wildman–Crippen MR) is 79.0 cm³/mol. The lowest BCUT2D eigenvalue weighted by molar-refractivity contribution is -0.130. The van der Waals surface area contributed by atoms with Crippen LogP contribution in [0.25, 0.3) is 0 Å². The van der Waals surface area contributed by atoms with Crippen molar-refractivity contribution >= 4 is 5.91 Å². The van der Waals surface area contributed by atoms with Gasteiger partial charge >= 0.3 is 5.69 Å². The number of carbonyl (C=O) groups excluding carboxylic acids is 1. The van der Waals surface area contributed by atoms with Gasteiger partial charge in [0.1, 0.15) is 6.54 Å². The summed E-state index contributed by atoms with van der Waals surface area (Å²) < 4.78 is 6.36. The van der Waals surface area contributed by atoms with E-state index in [1.54, 1.807) is 18.7 Å². The van der Waals surface area contributed by atoms with Crippen LogP contribution in [0.1, 0.15) is 29.6 Å². The molecular weight excluding hydrogens is 302 g/mol. The van der Waals surface area contributed by atoms with Crippen LogP contribution in [0.3, 0.4) is 0 Å². The zero-order valence-electron chi connectivity index (χ0n) is 12.9. The van der Waals surface area contributed by atoms with E-state index in [1.165, 1.54) is 10.8 Å². The Kier molecular flexibility index (Phi) is 3.85. The number of likely N-dealkylation sites (tertiary alicyclic amines) is 1. The molecule has 0 radical (unpaired) electrons. The number of nitrogens with one attached hydrogen (secondary N) is 1. The molecule has 1 aliphatic rings. The fourth-order valence-electron chi connectivity index (χ4n) is 2.65. The van der Waals surface area contributed by atoms with Crippen LogP contribution in [-0.2, 0) is 11.3 Å². The molecule has 0 aliphatic carbocycles. The van der Waals surface area contributed by atoms with Crippen molar-refractivity contribution in [1.82, 2.24) is 24.6 Å². The maximum Gasteiger partial charge on any atom is 0.328 e. The molecule has 1 saturated heterocycles. The van der Waals surface area contributed by atoms with E-state index < -0.39 is 11.2 Å². The smallest absolute Gasteiger partial charge is 0.328 e. The van der Waals surface area contributed by atoms with Crippen LogP contribution >= 0.6 is 0 Å². The van der Waals surface area contributed by atoms with E-state index in [4.69, 9.17) is 4.52 Å². The molecule has 1 N–H and O–H groups in total. The first-order chi connectivity index (χ1) is 10.9. The van der Waals surface area contributed by atoms with Crippen molar-refractivity contribution in [3.8, 4) is 0 Å². The van der Waals surface area contributed by atoms with E-state index in [0.717, 1.165) is 6.42 Å². The first kappa shape index (κ1) is 15.2. The number of aromatic nitrogens is 4. The van der Waals surface area contributed by atoms with Gasteiger partial charge in [-0.2, -0.15) is 4.98 Å². The molecular formula is C14H17N5O4. The van der Waals surface area contributed by atoms with E-state index in [-0.39, 0.29) is 18.4 Å². The minimum Gasteiger partial charge on any atom is -0.340 e. The lowest BCUT2D eigenvalue weighted by Gasteiger charge is -2.16. The highest BCUT2D eigenvalue weighted by Gasteiger charge is 2.30. The molecule has 1 atom stereocenters. The number of aromatic amines is 1. The van der Waals surface area contributed by atoms with Crippen LogP contribution in [0.4, 0.5) is 0 Å². The van der Waals surface area contributed by atoms with Gasteiger partial charge < -0.3 is 9.42 Å². The first-order valence-corrected chi connectivity index (χ1v) is 7.32.